The van der Waals surface area contributed by atoms with Gasteiger partial charge in [-0.05, 0) is 26.7 Å². The van der Waals surface area contributed by atoms with E-state index in [-0.39, 0.29) is 5.69 Å². The summed E-state index contributed by atoms with van der Waals surface area (Å²) >= 11 is 1.88. The van der Waals surface area contributed by atoms with Crippen molar-refractivity contribution in [3.63, 3.8) is 0 Å². The summed E-state index contributed by atoms with van der Waals surface area (Å²) in [5.41, 5.74) is 2.96. The highest BCUT2D eigenvalue weighted by molar-refractivity contribution is 7.11. The molecule has 1 fully saturated rings. The van der Waals surface area contributed by atoms with Crippen molar-refractivity contribution in [2.45, 2.75) is 52.0 Å². The summed E-state index contributed by atoms with van der Waals surface area (Å²) in [6.07, 6.45) is 4.88. The van der Waals surface area contributed by atoms with Crippen molar-refractivity contribution in [3.05, 3.63) is 37.3 Å². The summed E-state index contributed by atoms with van der Waals surface area (Å²) in [5, 5.41) is 7.86. The summed E-state index contributed by atoms with van der Waals surface area (Å²) in [7, 11) is 0. The monoisotopic (exact) mass is 356 g/mol. The van der Waals surface area contributed by atoms with E-state index in [2.05, 4.69) is 20.1 Å². The molecule has 3 aromatic heterocycles. The van der Waals surface area contributed by atoms with Crippen molar-refractivity contribution >= 4 is 22.9 Å². The van der Waals surface area contributed by atoms with Crippen molar-refractivity contribution in [2.75, 3.05) is 11.4 Å². The van der Waals surface area contributed by atoms with Crippen LogP contribution in [0.3, 0.4) is 0 Å². The normalized spacial score (nSPS) is 17.8. The van der Waals surface area contributed by atoms with Crippen LogP contribution in [0.1, 0.15) is 52.0 Å². The smallest absolute Gasteiger partial charge is 0.349 e. The largest absolute Gasteiger partial charge is 0.351 e. The number of aromatic amines is 1. The fraction of sp³-hybridized carbons (Fsp3) is 0.529. The molecule has 1 aliphatic carbocycles. The lowest BCUT2D eigenvalue weighted by Crippen LogP contribution is -2.31. The van der Waals surface area contributed by atoms with Gasteiger partial charge in [0.1, 0.15) is 5.82 Å². The zero-order valence-corrected chi connectivity index (χ0v) is 15.2. The van der Waals surface area contributed by atoms with Gasteiger partial charge in [-0.15, -0.1) is 16.4 Å². The summed E-state index contributed by atoms with van der Waals surface area (Å²) in [5.74, 6) is 2.06. The highest BCUT2D eigenvalue weighted by atomic mass is 32.1. The van der Waals surface area contributed by atoms with Crippen molar-refractivity contribution in [3.8, 4) is 0 Å². The lowest BCUT2D eigenvalue weighted by molar-refractivity contribution is 0.417. The number of thiazole rings is 1. The number of fused-ring (bicyclic) bond motifs is 2. The highest BCUT2D eigenvalue weighted by Gasteiger charge is 2.28. The van der Waals surface area contributed by atoms with Crippen molar-refractivity contribution in [1.82, 2.24) is 24.6 Å². The van der Waals surface area contributed by atoms with E-state index in [4.69, 9.17) is 4.98 Å². The van der Waals surface area contributed by atoms with Gasteiger partial charge in [0.05, 0.1) is 17.2 Å². The number of rotatable bonds is 2. The van der Waals surface area contributed by atoms with Crippen molar-refractivity contribution < 1.29 is 0 Å². The maximum Gasteiger partial charge on any atom is 0.349 e. The van der Waals surface area contributed by atoms with Crippen LogP contribution in [0.2, 0.25) is 0 Å². The molecule has 7 nitrogen and oxygen atoms in total. The predicted molar refractivity (Wildman–Crippen MR) is 96.5 cm³/mol. The Morgan fingerprint density at radius 3 is 2.84 bits per heavy atom. The highest BCUT2D eigenvalue weighted by Crippen LogP contribution is 2.40. The third-order valence-corrected chi connectivity index (χ3v) is 6.82. The van der Waals surface area contributed by atoms with Crippen LogP contribution >= 0.6 is 11.3 Å². The van der Waals surface area contributed by atoms with E-state index in [0.29, 0.717) is 11.7 Å². The van der Waals surface area contributed by atoms with Crippen molar-refractivity contribution in [1.29, 1.82) is 0 Å². The first-order chi connectivity index (χ1) is 12.1. The number of nitrogens with zero attached hydrogens (tertiary/aromatic N) is 5. The number of aryl methyl sites for hydroxylation is 1. The summed E-state index contributed by atoms with van der Waals surface area (Å²) in [6.45, 7) is 5.72. The molecule has 0 bridgehead atoms. The van der Waals surface area contributed by atoms with Crippen LogP contribution in [0.25, 0.3) is 5.78 Å². The van der Waals surface area contributed by atoms with E-state index in [0.717, 1.165) is 36.6 Å². The molecule has 1 saturated carbocycles. The molecular weight excluding hydrogens is 336 g/mol. The van der Waals surface area contributed by atoms with Gasteiger partial charge in [0.25, 0.3) is 5.78 Å². The van der Waals surface area contributed by atoms with Crippen LogP contribution < -0.4 is 10.6 Å². The average molecular weight is 356 g/mol. The molecule has 1 aliphatic heterocycles. The zero-order valence-electron chi connectivity index (χ0n) is 14.4. The molecular formula is C17H20N6OS. The lowest BCUT2D eigenvalue weighted by atomic mass is 9.86. The van der Waals surface area contributed by atoms with Gasteiger partial charge in [0.15, 0.2) is 0 Å². The van der Waals surface area contributed by atoms with Gasteiger partial charge in [-0.1, -0.05) is 6.42 Å². The topological polar surface area (TPSA) is 79.2 Å². The van der Waals surface area contributed by atoms with E-state index in [1.54, 1.807) is 0 Å². The SMILES string of the molecule is Cc1c(N2CCc3nc(C4CCC4)sc3C2)nc2n[nH]c(=O)n2c1C. The Bertz CT molecular complexity index is 1030. The number of nitrogens with one attached hydrogen (secondary N) is 1. The minimum Gasteiger partial charge on any atom is -0.351 e. The summed E-state index contributed by atoms with van der Waals surface area (Å²) in [4.78, 5) is 25.1. The Labute approximate surface area is 148 Å². The number of aromatic nitrogens is 5. The van der Waals surface area contributed by atoms with Crippen LogP contribution in [0, 0.1) is 13.8 Å². The third-order valence-electron chi connectivity index (χ3n) is 5.58. The summed E-state index contributed by atoms with van der Waals surface area (Å²) < 4.78 is 1.54. The fourth-order valence-corrected chi connectivity index (χ4v) is 5.00. The predicted octanol–water partition coefficient (Wildman–Crippen LogP) is 2.32. The molecule has 0 atom stereocenters. The molecule has 0 unspecified atom stereocenters. The van der Waals surface area contributed by atoms with E-state index in [1.165, 1.54) is 39.2 Å². The molecule has 4 heterocycles. The number of anilines is 1. The second-order valence-electron chi connectivity index (χ2n) is 7.03. The first-order valence-electron chi connectivity index (χ1n) is 8.79. The Kier molecular flexibility index (Phi) is 3.25. The molecule has 8 heteroatoms. The van der Waals surface area contributed by atoms with Crippen LogP contribution in [0.4, 0.5) is 5.82 Å². The minimum absolute atomic E-state index is 0.233. The van der Waals surface area contributed by atoms with Gasteiger partial charge < -0.3 is 4.90 Å². The quantitative estimate of drug-likeness (QED) is 0.762. The van der Waals surface area contributed by atoms with Gasteiger partial charge in [0, 0.05) is 35.0 Å². The maximum atomic E-state index is 11.9. The number of H-pyrrole nitrogens is 1. The lowest BCUT2D eigenvalue weighted by Gasteiger charge is -2.28. The van der Waals surface area contributed by atoms with Crippen LogP contribution in [0.15, 0.2) is 4.79 Å². The molecule has 1 N–H and O–H groups in total. The van der Waals surface area contributed by atoms with Gasteiger partial charge in [-0.2, -0.15) is 4.98 Å². The number of hydrogen-bond donors (Lipinski definition) is 1. The maximum absolute atomic E-state index is 11.9. The van der Waals surface area contributed by atoms with E-state index >= 15 is 0 Å². The molecule has 0 saturated heterocycles. The Hall–Kier alpha value is -2.22. The fourth-order valence-electron chi connectivity index (χ4n) is 3.71. The molecule has 130 valence electrons. The molecule has 3 aromatic rings. The first-order valence-corrected chi connectivity index (χ1v) is 9.61. The standard InChI is InChI=1S/C17H20N6OS/c1-9-10(2)23-16(20-21-17(23)24)19-14(9)22-7-6-12-13(8-22)25-15(18-12)11-4-3-5-11/h11H,3-8H2,1-2H3,(H,21,24). The molecule has 2 aliphatic rings. The van der Waals surface area contributed by atoms with Crippen LogP contribution in [0.5, 0.6) is 0 Å². The Balaban J connectivity index is 1.52. The average Bonchev–Trinajstić information content (AvgIpc) is 3.12. The molecule has 0 radical (unpaired) electrons. The van der Waals surface area contributed by atoms with Gasteiger partial charge in [-0.3, -0.25) is 0 Å². The van der Waals surface area contributed by atoms with Crippen molar-refractivity contribution in [2.24, 2.45) is 0 Å². The van der Waals surface area contributed by atoms with Gasteiger partial charge in [0.2, 0.25) is 0 Å². The van der Waals surface area contributed by atoms with Gasteiger partial charge in [-0.25, -0.2) is 19.3 Å². The molecule has 5 rings (SSSR count). The zero-order chi connectivity index (χ0) is 17.1. The van der Waals surface area contributed by atoms with E-state index in [1.807, 2.05) is 25.2 Å². The van der Waals surface area contributed by atoms with Crippen LogP contribution in [-0.2, 0) is 13.0 Å². The van der Waals surface area contributed by atoms with E-state index in [9.17, 15) is 4.79 Å². The minimum atomic E-state index is -0.233. The van der Waals surface area contributed by atoms with E-state index < -0.39 is 0 Å². The molecule has 0 amide bonds. The molecule has 25 heavy (non-hydrogen) atoms. The molecule has 0 aromatic carbocycles. The first kappa shape index (κ1) is 15.1. The Morgan fingerprint density at radius 1 is 1.24 bits per heavy atom. The second-order valence-corrected chi connectivity index (χ2v) is 8.15. The van der Waals surface area contributed by atoms with Gasteiger partial charge >= 0.3 is 5.69 Å². The Morgan fingerprint density at radius 2 is 2.08 bits per heavy atom. The second kappa shape index (κ2) is 5.39. The van der Waals surface area contributed by atoms with Crippen LogP contribution in [-0.4, -0.2) is 31.1 Å². The summed E-state index contributed by atoms with van der Waals surface area (Å²) in [6, 6.07) is 0. The molecule has 0 spiro atoms. The number of hydrogen-bond acceptors (Lipinski definition) is 6. The third kappa shape index (κ3) is 2.23.